The van der Waals surface area contributed by atoms with E-state index in [4.69, 9.17) is 15.2 Å². The maximum Gasteiger partial charge on any atom is 0.174 e. The molecule has 0 aliphatic carbocycles. The van der Waals surface area contributed by atoms with E-state index < -0.39 is 0 Å². The molecular weight excluding hydrogens is 208 g/mol. The molecule has 0 saturated heterocycles. The lowest BCUT2D eigenvalue weighted by atomic mass is 10.5. The number of nitrogens with two attached hydrogens (primary N) is 1. The Hall–Kier alpha value is -1.40. The van der Waals surface area contributed by atoms with E-state index in [0.717, 1.165) is 0 Å². The highest BCUT2D eigenvalue weighted by atomic mass is 16.7. The van der Waals surface area contributed by atoms with Crippen molar-refractivity contribution >= 4 is 11.6 Å². The van der Waals surface area contributed by atoms with Crippen molar-refractivity contribution in [1.29, 1.82) is 0 Å². The highest BCUT2D eigenvalue weighted by Gasteiger charge is 2.07. The largest absolute Gasteiger partial charge is 0.384 e. The number of nitrogens with one attached hydrogen (secondary N) is 1. The van der Waals surface area contributed by atoms with Crippen LogP contribution in [-0.4, -0.2) is 36.0 Å². The van der Waals surface area contributed by atoms with E-state index in [1.807, 2.05) is 13.8 Å². The zero-order chi connectivity index (χ0) is 11.8. The molecule has 16 heavy (non-hydrogen) atoms. The Balaban J connectivity index is 2.41. The van der Waals surface area contributed by atoms with Crippen LogP contribution in [0.2, 0.25) is 0 Å². The van der Waals surface area contributed by atoms with Crippen molar-refractivity contribution in [3.05, 3.63) is 12.4 Å². The third-order valence-electron chi connectivity index (χ3n) is 1.84. The van der Waals surface area contributed by atoms with Gasteiger partial charge in [0.2, 0.25) is 0 Å². The van der Waals surface area contributed by atoms with Gasteiger partial charge in [-0.3, -0.25) is 0 Å². The van der Waals surface area contributed by atoms with Gasteiger partial charge in [-0.15, -0.1) is 0 Å². The van der Waals surface area contributed by atoms with Crippen molar-refractivity contribution in [3.63, 3.8) is 0 Å². The first kappa shape index (κ1) is 12.7. The first-order valence-corrected chi connectivity index (χ1v) is 5.30. The average Bonchev–Trinajstić information content (AvgIpc) is 2.27. The van der Waals surface area contributed by atoms with Crippen molar-refractivity contribution in [2.75, 3.05) is 30.8 Å². The molecular formula is C10H18N4O2. The van der Waals surface area contributed by atoms with Crippen molar-refractivity contribution in [3.8, 4) is 0 Å². The summed E-state index contributed by atoms with van der Waals surface area (Å²) in [5.41, 5.74) is 5.53. The molecule has 0 aliphatic rings. The molecule has 0 amide bonds. The normalized spacial score (nSPS) is 10.7. The van der Waals surface area contributed by atoms with E-state index in [9.17, 15) is 0 Å². The summed E-state index contributed by atoms with van der Waals surface area (Å²) >= 11 is 0. The summed E-state index contributed by atoms with van der Waals surface area (Å²) in [7, 11) is 0. The van der Waals surface area contributed by atoms with E-state index in [1.54, 1.807) is 6.07 Å². The second-order valence-electron chi connectivity index (χ2n) is 3.05. The summed E-state index contributed by atoms with van der Waals surface area (Å²) in [5, 5.41) is 3.07. The van der Waals surface area contributed by atoms with E-state index in [0.29, 0.717) is 31.4 Å². The minimum absolute atomic E-state index is 0.272. The molecule has 3 N–H and O–H groups in total. The molecule has 6 heteroatoms. The van der Waals surface area contributed by atoms with Crippen molar-refractivity contribution in [2.24, 2.45) is 0 Å². The van der Waals surface area contributed by atoms with Gasteiger partial charge < -0.3 is 20.5 Å². The quantitative estimate of drug-likeness (QED) is 0.671. The van der Waals surface area contributed by atoms with E-state index in [-0.39, 0.29) is 6.29 Å². The lowest BCUT2D eigenvalue weighted by Gasteiger charge is -2.17. The predicted octanol–water partition coefficient (Wildman–Crippen LogP) is 0.870. The van der Waals surface area contributed by atoms with Gasteiger partial charge in [-0.05, 0) is 13.8 Å². The first-order valence-electron chi connectivity index (χ1n) is 5.30. The van der Waals surface area contributed by atoms with Crippen molar-refractivity contribution in [1.82, 2.24) is 9.97 Å². The van der Waals surface area contributed by atoms with E-state index in [2.05, 4.69) is 15.3 Å². The van der Waals surface area contributed by atoms with Gasteiger partial charge >= 0.3 is 0 Å². The monoisotopic (exact) mass is 226 g/mol. The highest BCUT2D eigenvalue weighted by molar-refractivity contribution is 5.43. The third-order valence-corrected chi connectivity index (χ3v) is 1.84. The van der Waals surface area contributed by atoms with Crippen LogP contribution in [0.3, 0.4) is 0 Å². The van der Waals surface area contributed by atoms with Gasteiger partial charge in [-0.2, -0.15) is 0 Å². The molecule has 0 aromatic carbocycles. The fraction of sp³-hybridized carbons (Fsp3) is 0.600. The molecule has 1 aromatic rings. The Morgan fingerprint density at radius 3 is 2.56 bits per heavy atom. The first-order chi connectivity index (χ1) is 7.76. The summed E-state index contributed by atoms with van der Waals surface area (Å²) < 4.78 is 10.7. The van der Waals surface area contributed by atoms with E-state index in [1.165, 1.54) is 6.33 Å². The highest BCUT2D eigenvalue weighted by Crippen LogP contribution is 2.05. The molecule has 0 atom stereocenters. The Bertz CT molecular complexity index is 303. The Morgan fingerprint density at radius 1 is 1.31 bits per heavy atom. The summed E-state index contributed by atoms with van der Waals surface area (Å²) in [6.07, 6.45) is 1.14. The molecule has 0 radical (unpaired) electrons. The zero-order valence-electron chi connectivity index (χ0n) is 9.64. The fourth-order valence-electron chi connectivity index (χ4n) is 1.19. The van der Waals surface area contributed by atoms with Gasteiger partial charge in [-0.1, -0.05) is 0 Å². The summed E-state index contributed by atoms with van der Waals surface area (Å²) in [5.74, 6) is 1.10. The van der Waals surface area contributed by atoms with Crippen LogP contribution in [0, 0.1) is 0 Å². The van der Waals surface area contributed by atoms with Crippen LogP contribution in [0.1, 0.15) is 13.8 Å². The summed E-state index contributed by atoms with van der Waals surface area (Å²) in [4.78, 5) is 7.82. The third kappa shape index (κ3) is 4.41. The molecule has 90 valence electrons. The summed E-state index contributed by atoms with van der Waals surface area (Å²) in [6.45, 7) is 5.60. The van der Waals surface area contributed by atoms with Crippen LogP contribution in [0.15, 0.2) is 12.4 Å². The number of nitrogen functional groups attached to an aromatic ring is 1. The molecule has 1 rings (SSSR count). The number of nitrogens with zero attached hydrogens (tertiary/aromatic N) is 2. The zero-order valence-corrected chi connectivity index (χ0v) is 9.64. The van der Waals surface area contributed by atoms with Crippen LogP contribution >= 0.6 is 0 Å². The number of anilines is 2. The Kier molecular flexibility index (Phi) is 5.52. The maximum absolute atomic E-state index is 5.53. The van der Waals surface area contributed by atoms with Crippen molar-refractivity contribution in [2.45, 2.75) is 20.1 Å². The molecule has 0 spiro atoms. The molecule has 0 saturated carbocycles. The van der Waals surface area contributed by atoms with Gasteiger partial charge in [0.15, 0.2) is 6.29 Å². The molecule has 1 heterocycles. The fourth-order valence-corrected chi connectivity index (χ4v) is 1.19. The molecule has 0 bridgehead atoms. The standard InChI is InChI=1S/C10H18N4O2/c1-3-15-10(16-4-2)6-12-9-5-8(11)13-7-14-9/h5,7,10H,3-4,6H2,1-2H3,(H3,11,12,13,14). The second kappa shape index (κ2) is 6.97. The topological polar surface area (TPSA) is 82.3 Å². The van der Waals surface area contributed by atoms with Crippen LogP contribution in [0.5, 0.6) is 0 Å². The Labute approximate surface area is 95.2 Å². The number of ether oxygens (including phenoxy) is 2. The SMILES string of the molecule is CCOC(CNc1cc(N)ncn1)OCC. The number of rotatable bonds is 7. The van der Waals surface area contributed by atoms with Crippen molar-refractivity contribution < 1.29 is 9.47 Å². The minimum atomic E-state index is -0.272. The van der Waals surface area contributed by atoms with Crippen LogP contribution < -0.4 is 11.1 Å². The van der Waals surface area contributed by atoms with Gasteiger partial charge in [0, 0.05) is 19.3 Å². The lowest BCUT2D eigenvalue weighted by Crippen LogP contribution is -2.26. The lowest BCUT2D eigenvalue weighted by molar-refractivity contribution is -0.126. The number of hydrogen-bond acceptors (Lipinski definition) is 6. The molecule has 0 fully saturated rings. The Morgan fingerprint density at radius 2 is 2.00 bits per heavy atom. The van der Waals surface area contributed by atoms with E-state index >= 15 is 0 Å². The van der Waals surface area contributed by atoms with Gasteiger partial charge in [0.05, 0.1) is 6.54 Å². The van der Waals surface area contributed by atoms with Crippen LogP contribution in [-0.2, 0) is 9.47 Å². The minimum Gasteiger partial charge on any atom is -0.384 e. The van der Waals surface area contributed by atoms with Gasteiger partial charge in [-0.25, -0.2) is 9.97 Å². The molecule has 0 unspecified atom stereocenters. The number of hydrogen-bond donors (Lipinski definition) is 2. The molecule has 0 aliphatic heterocycles. The maximum atomic E-state index is 5.53. The molecule has 1 aromatic heterocycles. The van der Waals surface area contributed by atoms with Gasteiger partial charge in [0.25, 0.3) is 0 Å². The summed E-state index contributed by atoms with van der Waals surface area (Å²) in [6, 6.07) is 1.66. The van der Waals surface area contributed by atoms with Crippen LogP contribution in [0.4, 0.5) is 11.6 Å². The molecule has 6 nitrogen and oxygen atoms in total. The predicted molar refractivity (Wildman–Crippen MR) is 62.0 cm³/mol. The average molecular weight is 226 g/mol. The smallest absolute Gasteiger partial charge is 0.174 e. The second-order valence-corrected chi connectivity index (χ2v) is 3.05. The van der Waals surface area contributed by atoms with Crippen LogP contribution in [0.25, 0.3) is 0 Å². The number of aromatic nitrogens is 2. The van der Waals surface area contributed by atoms with Gasteiger partial charge in [0.1, 0.15) is 18.0 Å².